The number of amides is 1. The Labute approximate surface area is 113 Å². The maximum Gasteiger partial charge on any atom is 0.328 e. The van der Waals surface area contributed by atoms with E-state index in [1.807, 2.05) is 5.32 Å². The SMILES string of the molecule is COc1ccc(F)c(F)c1C(=O)N[C@H](C(=O)O)[C@@H](C)O. The second kappa shape index (κ2) is 6.29. The van der Waals surface area contributed by atoms with Gasteiger partial charge in [-0.15, -0.1) is 0 Å². The predicted molar refractivity (Wildman–Crippen MR) is 63.5 cm³/mol. The van der Waals surface area contributed by atoms with E-state index in [1.165, 1.54) is 0 Å². The highest BCUT2D eigenvalue weighted by Crippen LogP contribution is 2.23. The first-order valence-corrected chi connectivity index (χ1v) is 5.53. The molecule has 20 heavy (non-hydrogen) atoms. The van der Waals surface area contributed by atoms with Gasteiger partial charge in [0.1, 0.15) is 11.3 Å². The molecular formula is C12H13F2NO5. The summed E-state index contributed by atoms with van der Waals surface area (Å²) in [5, 5.41) is 19.9. The molecule has 0 bridgehead atoms. The van der Waals surface area contributed by atoms with Crippen molar-refractivity contribution in [2.75, 3.05) is 7.11 Å². The fraction of sp³-hybridized carbons (Fsp3) is 0.333. The van der Waals surface area contributed by atoms with Gasteiger partial charge in [0.05, 0.1) is 13.2 Å². The Bertz CT molecular complexity index is 533. The summed E-state index contributed by atoms with van der Waals surface area (Å²) in [7, 11) is 1.15. The molecule has 1 amide bonds. The van der Waals surface area contributed by atoms with Crippen molar-refractivity contribution in [3.8, 4) is 5.75 Å². The summed E-state index contributed by atoms with van der Waals surface area (Å²) in [5.74, 6) is -5.70. The van der Waals surface area contributed by atoms with E-state index in [9.17, 15) is 23.5 Å². The average Bonchev–Trinajstić information content (AvgIpc) is 2.37. The molecule has 0 unspecified atom stereocenters. The van der Waals surface area contributed by atoms with E-state index in [0.29, 0.717) is 0 Å². The number of hydrogen-bond donors (Lipinski definition) is 3. The van der Waals surface area contributed by atoms with Gasteiger partial charge in [-0.3, -0.25) is 4.79 Å². The van der Waals surface area contributed by atoms with Crippen LogP contribution in [0.2, 0.25) is 0 Å². The van der Waals surface area contributed by atoms with Crippen LogP contribution in [0.1, 0.15) is 17.3 Å². The molecule has 0 aliphatic carbocycles. The number of aliphatic carboxylic acids is 1. The predicted octanol–water partition coefficient (Wildman–Crippen LogP) is 0.537. The number of nitrogens with one attached hydrogen (secondary N) is 1. The van der Waals surface area contributed by atoms with Crippen LogP contribution >= 0.6 is 0 Å². The molecule has 1 rings (SSSR count). The molecular weight excluding hydrogens is 276 g/mol. The van der Waals surface area contributed by atoms with Crippen LogP contribution in [0.3, 0.4) is 0 Å². The second-order valence-electron chi connectivity index (χ2n) is 3.97. The molecule has 0 radical (unpaired) electrons. The summed E-state index contributed by atoms with van der Waals surface area (Å²) >= 11 is 0. The number of halogens is 2. The Morgan fingerprint density at radius 3 is 2.40 bits per heavy atom. The number of carbonyl (C=O) groups is 2. The van der Waals surface area contributed by atoms with Crippen LogP contribution in [0.5, 0.6) is 5.75 Å². The van der Waals surface area contributed by atoms with Crippen LogP contribution in [-0.4, -0.2) is 41.3 Å². The smallest absolute Gasteiger partial charge is 0.328 e. The molecule has 1 aromatic rings. The number of benzene rings is 1. The lowest BCUT2D eigenvalue weighted by molar-refractivity contribution is -0.141. The zero-order valence-electron chi connectivity index (χ0n) is 10.7. The minimum absolute atomic E-state index is 0.254. The molecule has 0 aliphatic heterocycles. The lowest BCUT2D eigenvalue weighted by atomic mass is 10.1. The van der Waals surface area contributed by atoms with Crippen molar-refractivity contribution in [2.24, 2.45) is 0 Å². The Balaban J connectivity index is 3.15. The van der Waals surface area contributed by atoms with Gasteiger partial charge in [0, 0.05) is 0 Å². The first kappa shape index (κ1) is 15.8. The van der Waals surface area contributed by atoms with Crippen molar-refractivity contribution in [3.05, 3.63) is 29.3 Å². The van der Waals surface area contributed by atoms with E-state index in [1.54, 1.807) is 0 Å². The highest BCUT2D eigenvalue weighted by Gasteiger charge is 2.29. The Kier molecular flexibility index (Phi) is 4.98. The van der Waals surface area contributed by atoms with Crippen molar-refractivity contribution in [1.82, 2.24) is 5.32 Å². The number of carboxylic acid groups (broad SMARTS) is 1. The van der Waals surface area contributed by atoms with Crippen molar-refractivity contribution >= 4 is 11.9 Å². The summed E-state index contributed by atoms with van der Waals surface area (Å²) in [4.78, 5) is 22.7. The third-order valence-electron chi connectivity index (χ3n) is 2.54. The molecule has 0 spiro atoms. The standard InChI is InChI=1S/C12H13F2NO5/c1-5(16)10(12(18)19)15-11(17)8-7(20-2)4-3-6(13)9(8)14/h3-5,10,16H,1-2H3,(H,15,17)(H,18,19)/t5-,10+/m1/s1. The highest BCUT2D eigenvalue weighted by atomic mass is 19.2. The Hall–Kier alpha value is -2.22. The van der Waals surface area contributed by atoms with Crippen LogP contribution in [0.4, 0.5) is 8.78 Å². The van der Waals surface area contributed by atoms with Crippen molar-refractivity contribution in [1.29, 1.82) is 0 Å². The van der Waals surface area contributed by atoms with Crippen molar-refractivity contribution in [3.63, 3.8) is 0 Å². The van der Waals surface area contributed by atoms with Crippen LogP contribution < -0.4 is 10.1 Å². The highest BCUT2D eigenvalue weighted by molar-refractivity contribution is 5.99. The molecule has 2 atom stereocenters. The molecule has 8 heteroatoms. The van der Waals surface area contributed by atoms with Crippen molar-refractivity contribution < 1.29 is 33.3 Å². The first-order valence-electron chi connectivity index (χ1n) is 5.53. The third kappa shape index (κ3) is 3.21. The summed E-state index contributed by atoms with van der Waals surface area (Å²) in [6, 6.07) is 0.148. The van der Waals surface area contributed by atoms with Crippen LogP contribution in [0.15, 0.2) is 12.1 Å². The lowest BCUT2D eigenvalue weighted by Crippen LogP contribution is -2.47. The van der Waals surface area contributed by atoms with E-state index in [-0.39, 0.29) is 5.75 Å². The van der Waals surface area contributed by atoms with Gasteiger partial charge < -0.3 is 20.3 Å². The average molecular weight is 289 g/mol. The number of carboxylic acids is 1. The molecule has 3 N–H and O–H groups in total. The topological polar surface area (TPSA) is 95.9 Å². The maximum atomic E-state index is 13.6. The van der Waals surface area contributed by atoms with E-state index in [2.05, 4.69) is 0 Å². The van der Waals surface area contributed by atoms with E-state index in [4.69, 9.17) is 9.84 Å². The minimum atomic E-state index is -1.66. The number of rotatable bonds is 5. The van der Waals surface area contributed by atoms with Gasteiger partial charge in [-0.05, 0) is 19.1 Å². The summed E-state index contributed by atoms with van der Waals surface area (Å²) in [5.41, 5.74) is -0.764. The van der Waals surface area contributed by atoms with Crippen LogP contribution in [0, 0.1) is 11.6 Å². The van der Waals surface area contributed by atoms with E-state index in [0.717, 1.165) is 26.2 Å². The molecule has 0 heterocycles. The monoisotopic (exact) mass is 289 g/mol. The fourth-order valence-corrected chi connectivity index (χ4v) is 1.52. The van der Waals surface area contributed by atoms with E-state index >= 15 is 0 Å². The largest absolute Gasteiger partial charge is 0.496 e. The number of methoxy groups -OCH3 is 1. The van der Waals surface area contributed by atoms with Gasteiger partial charge in [-0.25, -0.2) is 13.6 Å². The fourth-order valence-electron chi connectivity index (χ4n) is 1.52. The van der Waals surface area contributed by atoms with Gasteiger partial charge in [0.2, 0.25) is 0 Å². The zero-order valence-corrected chi connectivity index (χ0v) is 10.7. The van der Waals surface area contributed by atoms with Crippen LogP contribution in [0.25, 0.3) is 0 Å². The van der Waals surface area contributed by atoms with Gasteiger partial charge in [0.15, 0.2) is 17.7 Å². The summed E-state index contributed by atoms with van der Waals surface area (Å²) < 4.78 is 31.5. The first-order chi connectivity index (χ1) is 9.29. The summed E-state index contributed by atoms with van der Waals surface area (Å²) in [6.45, 7) is 1.14. The number of aliphatic hydroxyl groups is 1. The molecule has 0 saturated heterocycles. The molecule has 110 valence electrons. The van der Waals surface area contributed by atoms with Crippen LogP contribution in [-0.2, 0) is 4.79 Å². The van der Waals surface area contributed by atoms with Gasteiger partial charge in [-0.1, -0.05) is 0 Å². The number of carbonyl (C=O) groups excluding carboxylic acids is 1. The number of hydrogen-bond acceptors (Lipinski definition) is 4. The molecule has 1 aromatic carbocycles. The minimum Gasteiger partial charge on any atom is -0.496 e. The number of ether oxygens (including phenoxy) is 1. The number of aliphatic hydroxyl groups excluding tert-OH is 1. The third-order valence-corrected chi connectivity index (χ3v) is 2.54. The van der Waals surface area contributed by atoms with Gasteiger partial charge >= 0.3 is 5.97 Å². The van der Waals surface area contributed by atoms with Crippen molar-refractivity contribution in [2.45, 2.75) is 19.1 Å². The molecule has 6 nitrogen and oxygen atoms in total. The van der Waals surface area contributed by atoms with E-state index < -0.39 is 41.2 Å². The molecule has 0 aliphatic rings. The zero-order chi connectivity index (χ0) is 15.4. The quantitative estimate of drug-likeness (QED) is 0.735. The van der Waals surface area contributed by atoms with Gasteiger partial charge in [0.25, 0.3) is 5.91 Å². The second-order valence-corrected chi connectivity index (χ2v) is 3.97. The Morgan fingerprint density at radius 2 is 1.95 bits per heavy atom. The maximum absolute atomic E-state index is 13.6. The molecule has 0 aromatic heterocycles. The summed E-state index contributed by atoms with van der Waals surface area (Å²) in [6.07, 6.45) is -1.42. The lowest BCUT2D eigenvalue weighted by Gasteiger charge is -2.18. The molecule has 0 saturated carbocycles. The molecule has 0 fully saturated rings. The Morgan fingerprint density at radius 1 is 1.35 bits per heavy atom. The van der Waals surface area contributed by atoms with Gasteiger partial charge in [-0.2, -0.15) is 0 Å². The normalized spacial score (nSPS) is 13.4.